The number of aromatic nitrogens is 1. The maximum absolute atomic E-state index is 13.5. The van der Waals surface area contributed by atoms with Crippen molar-refractivity contribution in [1.82, 2.24) is 4.57 Å². The van der Waals surface area contributed by atoms with Crippen molar-refractivity contribution in [2.75, 3.05) is 0 Å². The molecule has 0 aliphatic rings. The van der Waals surface area contributed by atoms with Crippen molar-refractivity contribution in [2.24, 2.45) is 0 Å². The van der Waals surface area contributed by atoms with Crippen molar-refractivity contribution < 1.29 is 4.39 Å². The first kappa shape index (κ1) is 10.4. The molecule has 0 saturated heterocycles. The highest BCUT2D eigenvalue weighted by Crippen LogP contribution is 2.18. The Hall–Kier alpha value is -2.08. The average molecular weight is 214 g/mol. The largest absolute Gasteiger partial charge is 0.318 e. The van der Waals surface area contributed by atoms with E-state index in [2.05, 4.69) is 0 Å². The van der Waals surface area contributed by atoms with E-state index in [-0.39, 0.29) is 5.56 Å². The second-order valence-electron chi connectivity index (χ2n) is 3.73. The van der Waals surface area contributed by atoms with Gasteiger partial charge in [-0.2, -0.15) is 5.26 Å². The highest BCUT2D eigenvalue weighted by atomic mass is 19.1. The molecule has 3 heteroatoms. The Morgan fingerprint density at radius 1 is 1.12 bits per heavy atom. The van der Waals surface area contributed by atoms with Gasteiger partial charge in [0.15, 0.2) is 0 Å². The summed E-state index contributed by atoms with van der Waals surface area (Å²) in [6.45, 7) is 3.92. The van der Waals surface area contributed by atoms with E-state index >= 15 is 0 Å². The van der Waals surface area contributed by atoms with Crippen LogP contribution < -0.4 is 0 Å². The van der Waals surface area contributed by atoms with Crippen LogP contribution in [-0.2, 0) is 0 Å². The number of nitriles is 1. The Balaban J connectivity index is 2.59. The molecule has 2 rings (SSSR count). The lowest BCUT2D eigenvalue weighted by molar-refractivity contribution is 0.622. The molecule has 0 aliphatic heterocycles. The minimum atomic E-state index is -0.479. The van der Waals surface area contributed by atoms with E-state index in [1.54, 1.807) is 6.07 Å². The van der Waals surface area contributed by atoms with Gasteiger partial charge in [-0.1, -0.05) is 0 Å². The lowest BCUT2D eigenvalue weighted by Crippen LogP contribution is -1.99. The third kappa shape index (κ3) is 1.59. The molecule has 16 heavy (non-hydrogen) atoms. The van der Waals surface area contributed by atoms with E-state index in [0.717, 1.165) is 17.1 Å². The van der Waals surface area contributed by atoms with Crippen LogP contribution in [0.5, 0.6) is 0 Å². The molecule has 1 aromatic heterocycles. The van der Waals surface area contributed by atoms with Gasteiger partial charge in [-0.15, -0.1) is 0 Å². The smallest absolute Gasteiger partial charge is 0.143 e. The first-order valence-corrected chi connectivity index (χ1v) is 4.98. The van der Waals surface area contributed by atoms with E-state index in [4.69, 9.17) is 5.26 Å². The van der Waals surface area contributed by atoms with Crippen molar-refractivity contribution in [1.29, 1.82) is 5.26 Å². The number of rotatable bonds is 1. The summed E-state index contributed by atoms with van der Waals surface area (Å²) in [6, 6.07) is 10.4. The quantitative estimate of drug-likeness (QED) is 0.717. The van der Waals surface area contributed by atoms with Crippen LogP contribution in [0.4, 0.5) is 4.39 Å². The summed E-state index contributed by atoms with van der Waals surface area (Å²) < 4.78 is 15.4. The van der Waals surface area contributed by atoms with Gasteiger partial charge >= 0.3 is 0 Å². The summed E-state index contributed by atoms with van der Waals surface area (Å²) in [6.07, 6.45) is 0. The van der Waals surface area contributed by atoms with Gasteiger partial charge in [0, 0.05) is 17.1 Å². The second kappa shape index (κ2) is 3.82. The van der Waals surface area contributed by atoms with Crippen molar-refractivity contribution in [3.63, 3.8) is 0 Å². The maximum atomic E-state index is 13.5. The Kier molecular flexibility index (Phi) is 2.49. The van der Waals surface area contributed by atoms with Gasteiger partial charge in [0.25, 0.3) is 0 Å². The number of hydrogen-bond acceptors (Lipinski definition) is 1. The summed E-state index contributed by atoms with van der Waals surface area (Å²) in [4.78, 5) is 0. The first-order valence-electron chi connectivity index (χ1n) is 4.98. The van der Waals surface area contributed by atoms with Gasteiger partial charge < -0.3 is 4.57 Å². The molecule has 2 aromatic rings. The minimum Gasteiger partial charge on any atom is -0.318 e. The van der Waals surface area contributed by atoms with Crippen LogP contribution in [0.25, 0.3) is 5.69 Å². The molecule has 0 aliphatic carbocycles. The molecule has 0 atom stereocenters. The highest BCUT2D eigenvalue weighted by molar-refractivity contribution is 5.43. The van der Waals surface area contributed by atoms with E-state index in [9.17, 15) is 4.39 Å². The zero-order valence-corrected chi connectivity index (χ0v) is 9.16. The van der Waals surface area contributed by atoms with Crippen LogP contribution in [0.1, 0.15) is 17.0 Å². The van der Waals surface area contributed by atoms with E-state index in [1.807, 2.05) is 36.6 Å². The fraction of sp³-hybridized carbons (Fsp3) is 0.154. The van der Waals surface area contributed by atoms with Crippen molar-refractivity contribution >= 4 is 0 Å². The third-order valence-corrected chi connectivity index (χ3v) is 2.60. The van der Waals surface area contributed by atoms with E-state index < -0.39 is 5.82 Å². The number of hydrogen-bond donors (Lipinski definition) is 0. The Morgan fingerprint density at radius 3 is 2.25 bits per heavy atom. The zero-order chi connectivity index (χ0) is 11.7. The number of halogens is 1. The fourth-order valence-electron chi connectivity index (χ4n) is 1.81. The first-order chi connectivity index (χ1) is 7.63. The fourth-order valence-corrected chi connectivity index (χ4v) is 1.81. The van der Waals surface area contributed by atoms with Crippen LogP contribution in [0.3, 0.4) is 0 Å². The van der Waals surface area contributed by atoms with Crippen molar-refractivity contribution in [3.05, 3.63) is 53.1 Å². The molecule has 0 fully saturated rings. The molecule has 0 spiro atoms. The lowest BCUT2D eigenvalue weighted by Gasteiger charge is -2.09. The number of benzene rings is 1. The van der Waals surface area contributed by atoms with Crippen molar-refractivity contribution in [2.45, 2.75) is 13.8 Å². The van der Waals surface area contributed by atoms with Crippen LogP contribution in [0.15, 0.2) is 30.3 Å². The molecular weight excluding hydrogens is 203 g/mol. The summed E-state index contributed by atoms with van der Waals surface area (Å²) in [7, 11) is 0. The summed E-state index contributed by atoms with van der Waals surface area (Å²) in [5.74, 6) is -0.479. The molecule has 1 aromatic carbocycles. The van der Waals surface area contributed by atoms with Gasteiger partial charge in [-0.05, 0) is 44.2 Å². The molecule has 0 N–H and O–H groups in total. The summed E-state index contributed by atoms with van der Waals surface area (Å²) >= 11 is 0. The number of aryl methyl sites for hydroxylation is 2. The molecule has 2 nitrogen and oxygen atoms in total. The zero-order valence-electron chi connectivity index (χ0n) is 9.16. The van der Waals surface area contributed by atoms with E-state index in [1.165, 1.54) is 12.1 Å². The molecule has 80 valence electrons. The van der Waals surface area contributed by atoms with Crippen LogP contribution in [0, 0.1) is 31.0 Å². The lowest BCUT2D eigenvalue weighted by atomic mass is 10.2. The molecule has 0 saturated carbocycles. The van der Waals surface area contributed by atoms with Crippen molar-refractivity contribution in [3.8, 4) is 11.8 Å². The second-order valence-corrected chi connectivity index (χ2v) is 3.73. The Bertz CT molecular complexity index is 557. The van der Waals surface area contributed by atoms with Crippen LogP contribution >= 0.6 is 0 Å². The standard InChI is InChI=1S/C13H11FN2/c1-9-3-4-10(2)16(9)12-6-5-11(8-15)13(14)7-12/h3-7H,1-2H3. The number of nitrogens with zero attached hydrogens (tertiary/aromatic N) is 2. The molecule has 0 bridgehead atoms. The third-order valence-electron chi connectivity index (χ3n) is 2.60. The molecule has 0 unspecified atom stereocenters. The topological polar surface area (TPSA) is 28.7 Å². The maximum Gasteiger partial charge on any atom is 0.143 e. The average Bonchev–Trinajstić information content (AvgIpc) is 2.58. The predicted molar refractivity (Wildman–Crippen MR) is 59.9 cm³/mol. The van der Waals surface area contributed by atoms with E-state index in [0.29, 0.717) is 0 Å². The van der Waals surface area contributed by atoms with Gasteiger partial charge in [0.05, 0.1) is 5.56 Å². The van der Waals surface area contributed by atoms with Gasteiger partial charge in [0.2, 0.25) is 0 Å². The molecule has 0 amide bonds. The highest BCUT2D eigenvalue weighted by Gasteiger charge is 2.07. The van der Waals surface area contributed by atoms with Crippen LogP contribution in [0.2, 0.25) is 0 Å². The normalized spacial score (nSPS) is 10.1. The molecule has 1 heterocycles. The Morgan fingerprint density at radius 2 is 1.75 bits per heavy atom. The van der Waals surface area contributed by atoms with Gasteiger partial charge in [-0.3, -0.25) is 0 Å². The van der Waals surface area contributed by atoms with Gasteiger partial charge in [0.1, 0.15) is 11.9 Å². The monoisotopic (exact) mass is 214 g/mol. The van der Waals surface area contributed by atoms with Gasteiger partial charge in [-0.25, -0.2) is 4.39 Å². The SMILES string of the molecule is Cc1ccc(C)n1-c1ccc(C#N)c(F)c1. The predicted octanol–water partition coefficient (Wildman–Crippen LogP) is 3.10. The summed E-state index contributed by atoms with van der Waals surface area (Å²) in [5, 5.41) is 8.65. The molecule has 0 radical (unpaired) electrons. The minimum absolute atomic E-state index is 0.0752. The van der Waals surface area contributed by atoms with Crippen LogP contribution in [-0.4, -0.2) is 4.57 Å². The Labute approximate surface area is 93.6 Å². The molecular formula is C13H11FN2. The summed E-state index contributed by atoms with van der Waals surface area (Å²) in [5.41, 5.74) is 2.91.